The van der Waals surface area contributed by atoms with Gasteiger partial charge in [0.05, 0.1) is 5.69 Å². The van der Waals surface area contributed by atoms with E-state index in [1.165, 1.54) is 30.5 Å². The normalized spacial score (nSPS) is 10.9. The number of para-hydroxylation sites is 1. The van der Waals surface area contributed by atoms with E-state index in [0.717, 1.165) is 10.1 Å². The van der Waals surface area contributed by atoms with Crippen LogP contribution in [-0.4, -0.2) is 19.5 Å². The highest BCUT2D eigenvalue weighted by Gasteiger charge is 2.14. The SMILES string of the molecule is O=c1[nH]c2nc(NCc3cccc(Cl)c3)ncc2c(=O)n1-c1ccccc1F. The van der Waals surface area contributed by atoms with Crippen LogP contribution in [0.3, 0.4) is 0 Å². The number of aromatic amines is 1. The van der Waals surface area contributed by atoms with Gasteiger partial charge in [-0.15, -0.1) is 0 Å². The summed E-state index contributed by atoms with van der Waals surface area (Å²) < 4.78 is 14.7. The van der Waals surface area contributed by atoms with E-state index in [2.05, 4.69) is 20.3 Å². The van der Waals surface area contributed by atoms with Gasteiger partial charge in [-0.2, -0.15) is 4.98 Å². The number of aromatic nitrogens is 4. The summed E-state index contributed by atoms with van der Waals surface area (Å²) in [7, 11) is 0. The molecule has 0 amide bonds. The lowest BCUT2D eigenvalue weighted by molar-refractivity contribution is 0.613. The average Bonchev–Trinajstić information content (AvgIpc) is 2.67. The minimum Gasteiger partial charge on any atom is -0.350 e. The molecule has 2 N–H and O–H groups in total. The molecule has 2 heterocycles. The highest BCUT2D eigenvalue weighted by molar-refractivity contribution is 6.30. The first-order valence-corrected chi connectivity index (χ1v) is 8.66. The van der Waals surface area contributed by atoms with Crippen LogP contribution in [0.2, 0.25) is 5.02 Å². The molecule has 4 aromatic rings. The number of nitrogens with zero attached hydrogens (tertiary/aromatic N) is 3. The van der Waals surface area contributed by atoms with Crippen molar-refractivity contribution in [2.45, 2.75) is 6.54 Å². The van der Waals surface area contributed by atoms with E-state index in [0.29, 0.717) is 11.6 Å². The van der Waals surface area contributed by atoms with Crippen LogP contribution in [0, 0.1) is 5.82 Å². The Morgan fingerprint density at radius 3 is 2.75 bits per heavy atom. The van der Waals surface area contributed by atoms with E-state index in [9.17, 15) is 14.0 Å². The number of anilines is 1. The Bertz CT molecular complexity index is 1300. The predicted molar refractivity (Wildman–Crippen MR) is 104 cm³/mol. The molecule has 9 heteroatoms. The van der Waals surface area contributed by atoms with Gasteiger partial charge in [0.15, 0.2) is 5.65 Å². The topological polar surface area (TPSA) is 92.7 Å². The van der Waals surface area contributed by atoms with Gasteiger partial charge in [0.25, 0.3) is 5.56 Å². The molecule has 0 saturated carbocycles. The van der Waals surface area contributed by atoms with Gasteiger partial charge in [0, 0.05) is 17.8 Å². The Morgan fingerprint density at radius 1 is 1.14 bits per heavy atom. The van der Waals surface area contributed by atoms with Crippen molar-refractivity contribution in [3.8, 4) is 5.69 Å². The summed E-state index contributed by atoms with van der Waals surface area (Å²) in [6.07, 6.45) is 1.29. The molecule has 0 aliphatic carbocycles. The van der Waals surface area contributed by atoms with E-state index < -0.39 is 17.1 Å². The standard InChI is InChI=1S/C19H13ClFN5O2/c20-12-5-3-4-11(8-12)9-22-18-23-10-13-16(24-18)25-19(28)26(17(13)27)15-7-2-1-6-14(15)21/h1-8,10H,9H2,(H2,22,23,24,25,28). The fourth-order valence-electron chi connectivity index (χ4n) is 2.77. The molecule has 0 atom stereocenters. The van der Waals surface area contributed by atoms with E-state index in [-0.39, 0.29) is 22.7 Å². The number of fused-ring (bicyclic) bond motifs is 1. The summed E-state index contributed by atoms with van der Waals surface area (Å²) >= 11 is 5.95. The molecule has 0 radical (unpaired) electrons. The van der Waals surface area contributed by atoms with Crippen LogP contribution in [0.15, 0.2) is 64.3 Å². The van der Waals surface area contributed by atoms with Gasteiger partial charge in [-0.3, -0.25) is 9.78 Å². The first-order chi connectivity index (χ1) is 13.5. The van der Waals surface area contributed by atoms with Gasteiger partial charge in [-0.05, 0) is 29.8 Å². The smallest absolute Gasteiger partial charge is 0.334 e. The first kappa shape index (κ1) is 17.9. The first-order valence-electron chi connectivity index (χ1n) is 8.28. The lowest BCUT2D eigenvalue weighted by Crippen LogP contribution is -2.34. The molecule has 0 unspecified atom stereocenters. The third-order valence-corrected chi connectivity index (χ3v) is 4.32. The number of benzene rings is 2. The van der Waals surface area contributed by atoms with Crippen molar-refractivity contribution in [3.63, 3.8) is 0 Å². The summed E-state index contributed by atoms with van der Waals surface area (Å²) in [6.45, 7) is 0.405. The van der Waals surface area contributed by atoms with E-state index >= 15 is 0 Å². The van der Waals surface area contributed by atoms with Crippen molar-refractivity contribution >= 4 is 28.6 Å². The highest BCUT2D eigenvalue weighted by Crippen LogP contribution is 2.13. The molecule has 0 fully saturated rings. The van der Waals surface area contributed by atoms with Gasteiger partial charge in [0.2, 0.25) is 5.95 Å². The Labute approximate surface area is 162 Å². The molecule has 2 aromatic carbocycles. The van der Waals surface area contributed by atoms with Crippen LogP contribution in [0.4, 0.5) is 10.3 Å². The summed E-state index contributed by atoms with van der Waals surface area (Å²) in [6, 6.07) is 12.8. The Morgan fingerprint density at radius 2 is 1.96 bits per heavy atom. The number of rotatable bonds is 4. The Balaban J connectivity index is 1.72. The average molecular weight is 398 g/mol. The summed E-state index contributed by atoms with van der Waals surface area (Å²) in [5.41, 5.74) is -0.656. The van der Waals surface area contributed by atoms with Crippen molar-refractivity contribution < 1.29 is 4.39 Å². The maximum Gasteiger partial charge on any atom is 0.334 e. The fraction of sp³-hybridized carbons (Fsp3) is 0.0526. The third kappa shape index (κ3) is 3.37. The molecule has 28 heavy (non-hydrogen) atoms. The quantitative estimate of drug-likeness (QED) is 0.552. The molecular weight excluding hydrogens is 385 g/mol. The molecule has 0 aliphatic rings. The summed E-state index contributed by atoms with van der Waals surface area (Å²) in [5, 5.41) is 3.68. The zero-order valence-corrected chi connectivity index (χ0v) is 15.1. The van der Waals surface area contributed by atoms with E-state index in [1.54, 1.807) is 12.1 Å². The molecule has 0 saturated heterocycles. The maximum atomic E-state index is 14.0. The Hall–Kier alpha value is -3.52. The van der Waals surface area contributed by atoms with Crippen molar-refractivity contribution in [2.75, 3.05) is 5.32 Å². The van der Waals surface area contributed by atoms with Gasteiger partial charge in [-0.1, -0.05) is 35.9 Å². The molecule has 2 aromatic heterocycles. The van der Waals surface area contributed by atoms with Gasteiger partial charge in [-0.25, -0.2) is 18.7 Å². The Kier molecular flexibility index (Phi) is 4.62. The molecule has 0 spiro atoms. The lowest BCUT2D eigenvalue weighted by Gasteiger charge is -2.08. The highest BCUT2D eigenvalue weighted by atomic mass is 35.5. The monoisotopic (exact) mass is 397 g/mol. The van der Waals surface area contributed by atoms with Crippen molar-refractivity contribution in [3.05, 3.63) is 92.0 Å². The largest absolute Gasteiger partial charge is 0.350 e. The van der Waals surface area contributed by atoms with E-state index in [4.69, 9.17) is 11.6 Å². The molecular formula is C19H13ClFN5O2. The maximum absolute atomic E-state index is 14.0. The number of hydrogen-bond donors (Lipinski definition) is 2. The molecule has 7 nitrogen and oxygen atoms in total. The van der Waals surface area contributed by atoms with E-state index in [1.807, 2.05) is 12.1 Å². The zero-order chi connectivity index (χ0) is 19.7. The molecule has 0 aliphatic heterocycles. The summed E-state index contributed by atoms with van der Waals surface area (Å²) in [4.78, 5) is 35.9. The van der Waals surface area contributed by atoms with Crippen molar-refractivity contribution in [2.24, 2.45) is 0 Å². The fourth-order valence-corrected chi connectivity index (χ4v) is 2.98. The van der Waals surface area contributed by atoms with Gasteiger partial charge < -0.3 is 5.32 Å². The van der Waals surface area contributed by atoms with Crippen LogP contribution >= 0.6 is 11.6 Å². The van der Waals surface area contributed by atoms with Crippen LogP contribution in [-0.2, 0) is 6.54 Å². The number of hydrogen-bond acceptors (Lipinski definition) is 5. The van der Waals surface area contributed by atoms with Crippen LogP contribution in [0.1, 0.15) is 5.56 Å². The molecule has 140 valence electrons. The van der Waals surface area contributed by atoms with Gasteiger partial charge in [0.1, 0.15) is 11.2 Å². The summed E-state index contributed by atoms with van der Waals surface area (Å²) in [5.74, 6) is -0.457. The second-order valence-electron chi connectivity index (χ2n) is 5.96. The number of nitrogens with one attached hydrogen (secondary N) is 2. The minimum absolute atomic E-state index is 0.0613. The number of halogens is 2. The predicted octanol–water partition coefficient (Wildman–Crippen LogP) is 2.87. The lowest BCUT2D eigenvalue weighted by atomic mass is 10.2. The van der Waals surface area contributed by atoms with Gasteiger partial charge >= 0.3 is 5.69 Å². The third-order valence-electron chi connectivity index (χ3n) is 4.08. The second-order valence-corrected chi connectivity index (χ2v) is 6.40. The van der Waals surface area contributed by atoms with Crippen molar-refractivity contribution in [1.29, 1.82) is 0 Å². The van der Waals surface area contributed by atoms with Crippen LogP contribution < -0.4 is 16.6 Å². The second kappa shape index (κ2) is 7.24. The minimum atomic E-state index is -0.790. The van der Waals surface area contributed by atoms with Crippen LogP contribution in [0.5, 0.6) is 0 Å². The molecule has 4 rings (SSSR count). The van der Waals surface area contributed by atoms with Crippen LogP contribution in [0.25, 0.3) is 16.7 Å². The zero-order valence-electron chi connectivity index (χ0n) is 14.3. The number of H-pyrrole nitrogens is 1. The van der Waals surface area contributed by atoms with Crippen molar-refractivity contribution in [1.82, 2.24) is 19.5 Å². The molecule has 0 bridgehead atoms.